The fourth-order valence-corrected chi connectivity index (χ4v) is 1.84. The molecule has 0 spiro atoms. The van der Waals surface area contributed by atoms with Gasteiger partial charge in [0.05, 0.1) is 5.38 Å². The van der Waals surface area contributed by atoms with E-state index in [1.165, 1.54) is 19.1 Å². The molecule has 1 aromatic rings. The van der Waals surface area contributed by atoms with Crippen molar-refractivity contribution in [2.45, 2.75) is 23.3 Å². The number of benzene rings is 1. The molecule has 0 radical (unpaired) electrons. The lowest BCUT2D eigenvalue weighted by molar-refractivity contribution is -0.147. The van der Waals surface area contributed by atoms with Crippen molar-refractivity contribution in [2.75, 3.05) is 0 Å². The zero-order valence-corrected chi connectivity index (χ0v) is 10.6. The molecule has 1 aromatic carbocycles. The Morgan fingerprint density at radius 1 is 1.41 bits per heavy atom. The summed E-state index contributed by atoms with van der Waals surface area (Å²) >= 11 is 9.71. The van der Waals surface area contributed by atoms with E-state index < -0.39 is 23.2 Å². The standard InChI is InChI=1S/C11H11ClO4S/c1-5(12)9(13)6-3-2-4-7(17)8(6)10(14)11(15)16/h2-5,10,14,17H,1H3,(H,15,16). The maximum absolute atomic E-state index is 11.8. The van der Waals surface area contributed by atoms with Crippen LogP contribution in [0.5, 0.6) is 0 Å². The molecular weight excluding hydrogens is 264 g/mol. The summed E-state index contributed by atoms with van der Waals surface area (Å²) in [4.78, 5) is 22.8. The van der Waals surface area contributed by atoms with Crippen molar-refractivity contribution in [3.63, 3.8) is 0 Å². The van der Waals surface area contributed by atoms with Gasteiger partial charge in [0.25, 0.3) is 0 Å². The minimum absolute atomic E-state index is 0.0270. The number of hydrogen-bond donors (Lipinski definition) is 3. The van der Waals surface area contributed by atoms with E-state index in [-0.39, 0.29) is 16.0 Å². The van der Waals surface area contributed by atoms with Crippen LogP contribution >= 0.6 is 24.2 Å². The van der Waals surface area contributed by atoms with Crippen molar-refractivity contribution in [1.29, 1.82) is 0 Å². The summed E-state index contributed by atoms with van der Waals surface area (Å²) in [7, 11) is 0. The SMILES string of the molecule is CC(Cl)C(=O)c1cccc(S)c1C(O)C(=O)O. The molecule has 2 atom stereocenters. The van der Waals surface area contributed by atoms with Crippen LogP contribution in [0, 0.1) is 0 Å². The minimum atomic E-state index is -1.79. The molecule has 0 heterocycles. The normalized spacial score (nSPS) is 14.1. The van der Waals surface area contributed by atoms with Crippen LogP contribution < -0.4 is 0 Å². The van der Waals surface area contributed by atoms with E-state index >= 15 is 0 Å². The Morgan fingerprint density at radius 3 is 2.47 bits per heavy atom. The molecule has 92 valence electrons. The highest BCUT2D eigenvalue weighted by molar-refractivity contribution is 7.80. The van der Waals surface area contributed by atoms with Gasteiger partial charge in [-0.3, -0.25) is 4.79 Å². The zero-order valence-electron chi connectivity index (χ0n) is 8.92. The maximum atomic E-state index is 11.8. The molecule has 0 aliphatic rings. The number of aliphatic hydroxyl groups excluding tert-OH is 1. The number of Topliss-reactive ketones (excluding diaryl/α,β-unsaturated/α-hetero) is 1. The number of carboxylic acid groups (broad SMARTS) is 1. The first-order chi connectivity index (χ1) is 7.86. The lowest BCUT2D eigenvalue weighted by Crippen LogP contribution is -2.19. The number of aliphatic hydroxyl groups is 1. The van der Waals surface area contributed by atoms with Crippen LogP contribution in [0.4, 0.5) is 0 Å². The van der Waals surface area contributed by atoms with Gasteiger partial charge in [0.1, 0.15) is 0 Å². The maximum Gasteiger partial charge on any atom is 0.337 e. The Morgan fingerprint density at radius 2 is 2.00 bits per heavy atom. The van der Waals surface area contributed by atoms with Crippen molar-refractivity contribution in [3.8, 4) is 0 Å². The summed E-state index contributed by atoms with van der Waals surface area (Å²) in [5.41, 5.74) is 0.0516. The largest absolute Gasteiger partial charge is 0.479 e. The van der Waals surface area contributed by atoms with Crippen molar-refractivity contribution in [2.24, 2.45) is 0 Å². The lowest BCUT2D eigenvalue weighted by Gasteiger charge is -2.14. The van der Waals surface area contributed by atoms with Crippen LogP contribution in [0.25, 0.3) is 0 Å². The quantitative estimate of drug-likeness (QED) is 0.445. The number of carboxylic acids is 1. The molecule has 2 N–H and O–H groups in total. The number of halogens is 1. The Bertz CT molecular complexity index is 459. The van der Waals surface area contributed by atoms with Crippen molar-refractivity contribution >= 4 is 36.0 Å². The number of aliphatic carboxylic acids is 1. The fourth-order valence-electron chi connectivity index (χ4n) is 1.39. The smallest absolute Gasteiger partial charge is 0.337 e. The Hall–Kier alpha value is -1.04. The molecule has 0 aliphatic carbocycles. The summed E-state index contributed by atoms with van der Waals surface area (Å²) in [6, 6.07) is 4.47. The second-order valence-electron chi connectivity index (χ2n) is 3.46. The van der Waals surface area contributed by atoms with Gasteiger partial charge in [-0.05, 0) is 13.0 Å². The molecule has 0 aromatic heterocycles. The Kier molecular flexibility index (Phi) is 4.56. The second kappa shape index (κ2) is 5.53. The first kappa shape index (κ1) is 14.0. The Balaban J connectivity index is 3.36. The number of carbonyl (C=O) groups excluding carboxylic acids is 1. The third-order valence-corrected chi connectivity index (χ3v) is 2.81. The van der Waals surface area contributed by atoms with E-state index in [0.29, 0.717) is 0 Å². The topological polar surface area (TPSA) is 74.6 Å². The van der Waals surface area contributed by atoms with Gasteiger partial charge in [-0.15, -0.1) is 24.2 Å². The van der Waals surface area contributed by atoms with Crippen LogP contribution in [0.2, 0.25) is 0 Å². The molecule has 0 saturated heterocycles. The zero-order chi connectivity index (χ0) is 13.2. The molecule has 4 nitrogen and oxygen atoms in total. The van der Waals surface area contributed by atoms with Crippen molar-refractivity contribution in [3.05, 3.63) is 29.3 Å². The molecule has 0 aliphatic heterocycles. The van der Waals surface area contributed by atoms with Gasteiger partial charge in [-0.1, -0.05) is 12.1 Å². The van der Waals surface area contributed by atoms with Gasteiger partial charge in [0.15, 0.2) is 11.9 Å². The number of thiol groups is 1. The van der Waals surface area contributed by atoms with Crippen molar-refractivity contribution < 1.29 is 19.8 Å². The van der Waals surface area contributed by atoms with Gasteiger partial charge >= 0.3 is 5.97 Å². The third kappa shape index (κ3) is 3.00. The van der Waals surface area contributed by atoms with E-state index in [1.54, 1.807) is 6.07 Å². The molecule has 17 heavy (non-hydrogen) atoms. The van der Waals surface area contributed by atoms with E-state index in [2.05, 4.69) is 12.6 Å². The highest BCUT2D eigenvalue weighted by atomic mass is 35.5. The van der Waals surface area contributed by atoms with E-state index in [1.807, 2.05) is 0 Å². The monoisotopic (exact) mass is 274 g/mol. The molecule has 1 rings (SSSR count). The molecule has 0 amide bonds. The number of carbonyl (C=O) groups is 2. The predicted octanol–water partition coefficient (Wildman–Crippen LogP) is 1.90. The first-order valence-corrected chi connectivity index (χ1v) is 5.65. The summed E-state index contributed by atoms with van der Waals surface area (Å²) in [6.45, 7) is 1.48. The molecule has 0 fully saturated rings. The van der Waals surface area contributed by atoms with Gasteiger partial charge in [-0.25, -0.2) is 4.79 Å². The average molecular weight is 275 g/mol. The van der Waals surface area contributed by atoms with Crippen LogP contribution in [-0.2, 0) is 4.79 Å². The summed E-state index contributed by atoms with van der Waals surface area (Å²) in [6.07, 6.45) is -1.79. The van der Waals surface area contributed by atoms with Crippen molar-refractivity contribution in [1.82, 2.24) is 0 Å². The van der Waals surface area contributed by atoms with Gasteiger partial charge < -0.3 is 10.2 Å². The van der Waals surface area contributed by atoms with Crippen LogP contribution in [-0.4, -0.2) is 27.3 Å². The number of hydrogen-bond acceptors (Lipinski definition) is 4. The van der Waals surface area contributed by atoms with Crippen LogP contribution in [0.3, 0.4) is 0 Å². The van der Waals surface area contributed by atoms with Gasteiger partial charge in [0, 0.05) is 16.0 Å². The predicted molar refractivity (Wildman–Crippen MR) is 65.9 cm³/mol. The van der Waals surface area contributed by atoms with Crippen LogP contribution in [0.15, 0.2) is 23.1 Å². The summed E-state index contributed by atoms with van der Waals surface area (Å²) in [5, 5.41) is 17.5. The average Bonchev–Trinajstić information content (AvgIpc) is 2.26. The lowest BCUT2D eigenvalue weighted by atomic mass is 9.97. The fraction of sp³-hybridized carbons (Fsp3) is 0.273. The highest BCUT2D eigenvalue weighted by Crippen LogP contribution is 2.27. The molecule has 2 unspecified atom stereocenters. The first-order valence-electron chi connectivity index (χ1n) is 4.77. The van der Waals surface area contributed by atoms with E-state index in [4.69, 9.17) is 16.7 Å². The van der Waals surface area contributed by atoms with E-state index in [0.717, 1.165) is 0 Å². The third-order valence-electron chi connectivity index (χ3n) is 2.22. The molecular formula is C11H11ClO4S. The molecule has 6 heteroatoms. The Labute approximate surface area is 109 Å². The highest BCUT2D eigenvalue weighted by Gasteiger charge is 2.26. The summed E-state index contributed by atoms with van der Waals surface area (Å²) in [5.74, 6) is -1.89. The van der Waals surface area contributed by atoms with Crippen LogP contribution in [0.1, 0.15) is 28.9 Å². The number of alkyl halides is 1. The minimum Gasteiger partial charge on any atom is -0.479 e. The number of ketones is 1. The van der Waals surface area contributed by atoms with E-state index in [9.17, 15) is 14.7 Å². The summed E-state index contributed by atoms with van der Waals surface area (Å²) < 4.78 is 0. The molecule has 0 bridgehead atoms. The molecule has 0 saturated carbocycles. The van der Waals surface area contributed by atoms with Gasteiger partial charge in [-0.2, -0.15) is 0 Å². The van der Waals surface area contributed by atoms with Gasteiger partial charge in [0.2, 0.25) is 0 Å². The second-order valence-corrected chi connectivity index (χ2v) is 4.60. The number of rotatable bonds is 4.